The minimum absolute atomic E-state index is 0.536. The average Bonchev–Trinajstić information content (AvgIpc) is 2.46. The zero-order valence-electron chi connectivity index (χ0n) is 12.2. The van der Waals surface area contributed by atoms with Crippen LogP contribution < -0.4 is 14.8 Å². The van der Waals surface area contributed by atoms with Crippen molar-refractivity contribution in [3.05, 3.63) is 51.5 Å². The molecule has 21 heavy (non-hydrogen) atoms. The van der Waals surface area contributed by atoms with Crippen LogP contribution in [0.3, 0.4) is 0 Å². The molecule has 0 saturated carbocycles. The number of rotatable bonds is 5. The monoisotopic (exact) mass is 325 g/mol. The largest absolute Gasteiger partial charge is 0.495 e. The first kappa shape index (κ1) is 15.8. The van der Waals surface area contributed by atoms with E-state index in [-0.39, 0.29) is 0 Å². The Morgan fingerprint density at radius 3 is 2.33 bits per heavy atom. The summed E-state index contributed by atoms with van der Waals surface area (Å²) in [6.07, 6.45) is 0. The average molecular weight is 326 g/mol. The van der Waals surface area contributed by atoms with Gasteiger partial charge in [0.05, 0.1) is 24.9 Å². The van der Waals surface area contributed by atoms with Crippen LogP contribution in [0.25, 0.3) is 0 Å². The van der Waals surface area contributed by atoms with Crippen LogP contribution in [0.5, 0.6) is 11.5 Å². The second-order valence-electron chi connectivity index (χ2n) is 4.61. The van der Waals surface area contributed by atoms with E-state index in [4.69, 9.17) is 32.7 Å². The Balaban J connectivity index is 2.21. The quantitative estimate of drug-likeness (QED) is 0.845. The van der Waals surface area contributed by atoms with Crippen LogP contribution in [-0.2, 0) is 6.54 Å². The standard InChI is InChI=1S/C16H17Cl2NO2/c1-10-6-12(17)5-4-11(10)9-19-14-7-13(18)15(20-2)8-16(14)21-3/h4-8,19H,9H2,1-3H3. The first-order chi connectivity index (χ1) is 10.0. The van der Waals surface area contributed by atoms with Crippen LogP contribution in [-0.4, -0.2) is 14.2 Å². The topological polar surface area (TPSA) is 30.5 Å². The van der Waals surface area contributed by atoms with E-state index in [0.717, 1.165) is 21.8 Å². The SMILES string of the molecule is COc1cc(OC)c(NCc2ccc(Cl)cc2C)cc1Cl. The van der Waals surface area contributed by atoms with Crippen molar-refractivity contribution in [2.75, 3.05) is 19.5 Å². The minimum atomic E-state index is 0.536. The molecule has 1 N–H and O–H groups in total. The van der Waals surface area contributed by atoms with E-state index < -0.39 is 0 Å². The minimum Gasteiger partial charge on any atom is -0.495 e. The zero-order chi connectivity index (χ0) is 15.4. The van der Waals surface area contributed by atoms with Gasteiger partial charge in [0.1, 0.15) is 11.5 Å². The first-order valence-corrected chi connectivity index (χ1v) is 7.21. The molecule has 2 aromatic carbocycles. The van der Waals surface area contributed by atoms with Gasteiger partial charge in [-0.2, -0.15) is 0 Å². The summed E-state index contributed by atoms with van der Waals surface area (Å²) in [4.78, 5) is 0. The number of halogens is 2. The third kappa shape index (κ3) is 3.74. The molecule has 0 fully saturated rings. The molecule has 5 heteroatoms. The van der Waals surface area contributed by atoms with Crippen molar-refractivity contribution in [3.63, 3.8) is 0 Å². The van der Waals surface area contributed by atoms with Gasteiger partial charge in [-0.15, -0.1) is 0 Å². The second-order valence-corrected chi connectivity index (χ2v) is 5.46. The molecule has 0 saturated heterocycles. The molecule has 0 atom stereocenters. The Kier molecular flexibility index (Phi) is 5.21. The van der Waals surface area contributed by atoms with Crippen molar-refractivity contribution < 1.29 is 9.47 Å². The number of hydrogen-bond acceptors (Lipinski definition) is 3. The predicted molar refractivity (Wildman–Crippen MR) is 88.1 cm³/mol. The highest BCUT2D eigenvalue weighted by Crippen LogP contribution is 2.36. The maximum atomic E-state index is 6.15. The molecule has 112 valence electrons. The zero-order valence-corrected chi connectivity index (χ0v) is 13.7. The van der Waals surface area contributed by atoms with E-state index in [1.54, 1.807) is 26.4 Å². The van der Waals surface area contributed by atoms with Gasteiger partial charge in [-0.3, -0.25) is 0 Å². The van der Waals surface area contributed by atoms with Crippen molar-refractivity contribution in [1.82, 2.24) is 0 Å². The lowest BCUT2D eigenvalue weighted by Crippen LogP contribution is -2.03. The first-order valence-electron chi connectivity index (χ1n) is 6.45. The van der Waals surface area contributed by atoms with E-state index >= 15 is 0 Å². The van der Waals surface area contributed by atoms with Gasteiger partial charge >= 0.3 is 0 Å². The fourth-order valence-electron chi connectivity index (χ4n) is 2.05. The fraction of sp³-hybridized carbons (Fsp3) is 0.250. The van der Waals surface area contributed by atoms with Gasteiger partial charge in [-0.1, -0.05) is 29.3 Å². The fourth-order valence-corrected chi connectivity index (χ4v) is 2.51. The number of ether oxygens (including phenoxy) is 2. The lowest BCUT2D eigenvalue weighted by Gasteiger charge is -2.15. The number of aryl methyl sites for hydroxylation is 1. The number of benzene rings is 2. The molecule has 0 unspecified atom stereocenters. The summed E-state index contributed by atoms with van der Waals surface area (Å²) < 4.78 is 10.5. The van der Waals surface area contributed by atoms with Gasteiger partial charge in [0, 0.05) is 17.6 Å². The summed E-state index contributed by atoms with van der Waals surface area (Å²) in [5, 5.41) is 4.60. The Hall–Kier alpha value is -1.58. The van der Waals surface area contributed by atoms with E-state index in [1.165, 1.54) is 0 Å². The lowest BCUT2D eigenvalue weighted by atomic mass is 10.1. The van der Waals surface area contributed by atoms with Gasteiger partial charge in [0.25, 0.3) is 0 Å². The molecule has 0 heterocycles. The van der Waals surface area contributed by atoms with Crippen molar-refractivity contribution in [3.8, 4) is 11.5 Å². The number of nitrogens with one attached hydrogen (secondary N) is 1. The van der Waals surface area contributed by atoms with Gasteiger partial charge in [0.2, 0.25) is 0 Å². The molecule has 0 aromatic heterocycles. The molecule has 0 aliphatic rings. The molecule has 3 nitrogen and oxygen atoms in total. The van der Waals surface area contributed by atoms with Crippen LogP contribution in [0, 0.1) is 6.92 Å². The lowest BCUT2D eigenvalue weighted by molar-refractivity contribution is 0.395. The molecular formula is C16H17Cl2NO2. The van der Waals surface area contributed by atoms with Gasteiger partial charge in [-0.25, -0.2) is 0 Å². The van der Waals surface area contributed by atoms with E-state index in [1.807, 2.05) is 25.1 Å². The van der Waals surface area contributed by atoms with Crippen molar-refractivity contribution in [2.24, 2.45) is 0 Å². The molecule has 0 spiro atoms. The highest BCUT2D eigenvalue weighted by Gasteiger charge is 2.10. The van der Waals surface area contributed by atoms with Crippen molar-refractivity contribution in [2.45, 2.75) is 13.5 Å². The maximum Gasteiger partial charge on any atom is 0.145 e. The van der Waals surface area contributed by atoms with E-state index in [0.29, 0.717) is 23.1 Å². The van der Waals surface area contributed by atoms with Crippen LogP contribution in [0.15, 0.2) is 30.3 Å². The number of methoxy groups -OCH3 is 2. The molecule has 0 amide bonds. The summed E-state index contributed by atoms with van der Waals surface area (Å²) in [5.41, 5.74) is 3.11. The number of hydrogen-bond donors (Lipinski definition) is 1. The summed E-state index contributed by atoms with van der Waals surface area (Å²) in [5.74, 6) is 1.27. The molecule has 2 rings (SSSR count). The van der Waals surface area contributed by atoms with Crippen molar-refractivity contribution >= 4 is 28.9 Å². The third-order valence-corrected chi connectivity index (χ3v) is 3.78. The summed E-state index contributed by atoms with van der Waals surface area (Å²) in [6.45, 7) is 2.68. The summed E-state index contributed by atoms with van der Waals surface area (Å²) in [7, 11) is 3.19. The predicted octanol–water partition coefficient (Wildman–Crippen LogP) is 4.93. The highest BCUT2D eigenvalue weighted by atomic mass is 35.5. The molecule has 0 aliphatic carbocycles. The Labute approximate surface area is 134 Å². The molecule has 2 aromatic rings. The van der Waals surface area contributed by atoms with Crippen LogP contribution in [0.2, 0.25) is 10.0 Å². The normalized spacial score (nSPS) is 10.3. The van der Waals surface area contributed by atoms with Crippen LogP contribution >= 0.6 is 23.2 Å². The maximum absolute atomic E-state index is 6.15. The highest BCUT2D eigenvalue weighted by molar-refractivity contribution is 6.32. The van der Waals surface area contributed by atoms with Gasteiger partial charge in [0.15, 0.2) is 0 Å². The second kappa shape index (κ2) is 6.92. The smallest absolute Gasteiger partial charge is 0.145 e. The third-order valence-electron chi connectivity index (χ3n) is 3.25. The van der Waals surface area contributed by atoms with Gasteiger partial charge < -0.3 is 14.8 Å². The summed E-state index contributed by atoms with van der Waals surface area (Å²) >= 11 is 12.1. The molecule has 0 bridgehead atoms. The van der Waals surface area contributed by atoms with E-state index in [9.17, 15) is 0 Å². The Morgan fingerprint density at radius 2 is 1.71 bits per heavy atom. The van der Waals surface area contributed by atoms with Gasteiger partial charge in [-0.05, 0) is 36.2 Å². The van der Waals surface area contributed by atoms with Crippen LogP contribution in [0.4, 0.5) is 5.69 Å². The van der Waals surface area contributed by atoms with E-state index in [2.05, 4.69) is 5.32 Å². The summed E-state index contributed by atoms with van der Waals surface area (Å²) in [6, 6.07) is 9.38. The molecule has 0 aliphatic heterocycles. The Bertz CT molecular complexity index is 644. The number of anilines is 1. The molecule has 0 radical (unpaired) electrons. The Morgan fingerprint density at radius 1 is 1.00 bits per heavy atom. The van der Waals surface area contributed by atoms with Crippen LogP contribution in [0.1, 0.15) is 11.1 Å². The molecular weight excluding hydrogens is 309 g/mol. The van der Waals surface area contributed by atoms with Crippen molar-refractivity contribution in [1.29, 1.82) is 0 Å².